The molecule has 0 amide bonds. The third-order valence-electron chi connectivity index (χ3n) is 2.89. The summed E-state index contributed by atoms with van der Waals surface area (Å²) >= 11 is 0. The van der Waals surface area contributed by atoms with Crippen LogP contribution in [0.15, 0.2) is 30.5 Å². The van der Waals surface area contributed by atoms with Gasteiger partial charge in [-0.25, -0.2) is 4.79 Å². The van der Waals surface area contributed by atoms with Crippen LogP contribution in [0.5, 0.6) is 0 Å². The zero-order valence-corrected chi connectivity index (χ0v) is 9.68. The number of carboxylic acid groups (broad SMARTS) is 1. The van der Waals surface area contributed by atoms with E-state index in [4.69, 9.17) is 5.11 Å². The van der Waals surface area contributed by atoms with E-state index >= 15 is 0 Å². The molecule has 4 nitrogen and oxygen atoms in total. The molecule has 0 aliphatic rings. The summed E-state index contributed by atoms with van der Waals surface area (Å²) in [5.41, 5.74) is 1.33. The van der Waals surface area contributed by atoms with Gasteiger partial charge in [0.05, 0.1) is 0 Å². The number of rotatable bonds is 3. The van der Waals surface area contributed by atoms with Gasteiger partial charge in [-0.1, -0.05) is 18.2 Å². The van der Waals surface area contributed by atoms with Gasteiger partial charge in [-0.05, 0) is 19.9 Å². The van der Waals surface area contributed by atoms with Gasteiger partial charge in [0.25, 0.3) is 0 Å². The van der Waals surface area contributed by atoms with Crippen molar-refractivity contribution in [3.05, 3.63) is 36.0 Å². The molecule has 2 rings (SSSR count). The van der Waals surface area contributed by atoms with Gasteiger partial charge in [-0.3, -0.25) is 4.79 Å². The summed E-state index contributed by atoms with van der Waals surface area (Å²) in [4.78, 5) is 22.5. The number of hydrogen-bond donors (Lipinski definition) is 1. The van der Waals surface area contributed by atoms with Crippen molar-refractivity contribution in [1.82, 2.24) is 4.57 Å². The third kappa shape index (κ3) is 1.82. The van der Waals surface area contributed by atoms with Gasteiger partial charge >= 0.3 is 5.97 Å². The van der Waals surface area contributed by atoms with Gasteiger partial charge in [0.2, 0.25) is 0 Å². The summed E-state index contributed by atoms with van der Waals surface area (Å²) in [5.74, 6) is -0.974. The Bertz CT molecular complexity index is 598. The number of para-hydroxylation sites is 1. The van der Waals surface area contributed by atoms with Crippen LogP contribution in [0, 0.1) is 0 Å². The van der Waals surface area contributed by atoms with Gasteiger partial charge in [0, 0.05) is 22.7 Å². The average molecular weight is 231 g/mol. The molecule has 0 saturated heterocycles. The number of aliphatic carboxylic acids is 1. The monoisotopic (exact) mass is 231 g/mol. The Morgan fingerprint density at radius 1 is 1.29 bits per heavy atom. The van der Waals surface area contributed by atoms with Crippen molar-refractivity contribution in [2.75, 3.05) is 0 Å². The van der Waals surface area contributed by atoms with Gasteiger partial charge < -0.3 is 9.67 Å². The lowest BCUT2D eigenvalue weighted by atomic mass is 10.1. The van der Waals surface area contributed by atoms with Crippen LogP contribution in [0.4, 0.5) is 0 Å². The van der Waals surface area contributed by atoms with Crippen LogP contribution < -0.4 is 0 Å². The molecule has 1 N–H and O–H groups in total. The summed E-state index contributed by atoms with van der Waals surface area (Å²) in [6, 6.07) is 6.63. The number of benzene rings is 1. The minimum atomic E-state index is -0.916. The van der Waals surface area contributed by atoms with Crippen LogP contribution in [0.2, 0.25) is 0 Å². The van der Waals surface area contributed by atoms with E-state index in [1.807, 2.05) is 24.3 Å². The number of Topliss-reactive ketones (excluding diaryl/α,β-unsaturated/α-hetero) is 1. The van der Waals surface area contributed by atoms with E-state index in [-0.39, 0.29) is 5.78 Å². The minimum absolute atomic E-state index is 0.0578. The molecule has 1 aromatic carbocycles. The quantitative estimate of drug-likeness (QED) is 0.825. The molecule has 2 aromatic rings. The van der Waals surface area contributed by atoms with E-state index in [0.29, 0.717) is 5.56 Å². The molecule has 0 aliphatic heterocycles. The van der Waals surface area contributed by atoms with E-state index in [9.17, 15) is 9.59 Å². The number of carbonyl (C=O) groups excluding carboxylic acids is 1. The summed E-state index contributed by atoms with van der Waals surface area (Å²) < 4.78 is 1.62. The molecule has 0 unspecified atom stereocenters. The van der Waals surface area contributed by atoms with Crippen LogP contribution in [0.1, 0.15) is 30.2 Å². The Balaban J connectivity index is 2.73. The molecule has 0 saturated carbocycles. The first kappa shape index (κ1) is 11.4. The van der Waals surface area contributed by atoms with E-state index in [1.165, 1.54) is 6.92 Å². The fourth-order valence-electron chi connectivity index (χ4n) is 1.92. The topological polar surface area (TPSA) is 59.3 Å². The SMILES string of the molecule is CC(=O)c1cn([C@@H](C)C(=O)O)c2ccccc12. The standard InChI is InChI=1S/C13H13NO3/c1-8(13(16)17)14-7-11(9(2)15)10-5-3-4-6-12(10)14/h3-8H,1-2H3,(H,16,17)/t8-/m0/s1. The van der Waals surface area contributed by atoms with Gasteiger partial charge in [0.1, 0.15) is 6.04 Å². The summed E-state index contributed by atoms with van der Waals surface area (Å²) in [6.07, 6.45) is 1.62. The van der Waals surface area contributed by atoms with Crippen molar-refractivity contribution >= 4 is 22.7 Å². The molecular formula is C13H13NO3. The fourth-order valence-corrected chi connectivity index (χ4v) is 1.92. The molecule has 0 spiro atoms. The zero-order valence-electron chi connectivity index (χ0n) is 9.68. The van der Waals surface area contributed by atoms with Crippen LogP contribution in [-0.2, 0) is 4.79 Å². The molecule has 1 atom stereocenters. The van der Waals surface area contributed by atoms with E-state index in [2.05, 4.69) is 0 Å². The van der Waals surface area contributed by atoms with Gasteiger partial charge in [-0.15, -0.1) is 0 Å². The largest absolute Gasteiger partial charge is 0.480 e. The van der Waals surface area contributed by atoms with Gasteiger partial charge in [-0.2, -0.15) is 0 Å². The van der Waals surface area contributed by atoms with Crippen molar-refractivity contribution < 1.29 is 14.7 Å². The highest BCUT2D eigenvalue weighted by molar-refractivity contribution is 6.07. The fraction of sp³-hybridized carbons (Fsp3) is 0.231. The van der Waals surface area contributed by atoms with E-state index < -0.39 is 12.0 Å². The third-order valence-corrected chi connectivity index (χ3v) is 2.89. The molecule has 0 aliphatic carbocycles. The minimum Gasteiger partial charge on any atom is -0.480 e. The Hall–Kier alpha value is -2.10. The number of ketones is 1. The van der Waals surface area contributed by atoms with Gasteiger partial charge in [0.15, 0.2) is 5.78 Å². The lowest BCUT2D eigenvalue weighted by Crippen LogP contribution is -2.14. The molecule has 88 valence electrons. The molecule has 4 heteroatoms. The first-order chi connectivity index (χ1) is 8.02. The van der Waals surface area contributed by atoms with Crippen molar-refractivity contribution in [1.29, 1.82) is 0 Å². The zero-order chi connectivity index (χ0) is 12.6. The lowest BCUT2D eigenvalue weighted by molar-refractivity contribution is -0.140. The molecule has 1 aromatic heterocycles. The maximum atomic E-state index is 11.5. The molecule has 0 radical (unpaired) electrons. The molecule has 17 heavy (non-hydrogen) atoms. The van der Waals surface area contributed by atoms with E-state index in [0.717, 1.165) is 10.9 Å². The second-order valence-electron chi connectivity index (χ2n) is 4.04. The first-order valence-corrected chi connectivity index (χ1v) is 5.35. The first-order valence-electron chi connectivity index (χ1n) is 5.35. The van der Waals surface area contributed by atoms with Crippen molar-refractivity contribution in [2.45, 2.75) is 19.9 Å². The van der Waals surface area contributed by atoms with E-state index in [1.54, 1.807) is 17.7 Å². The van der Waals surface area contributed by atoms with Crippen LogP contribution in [0.25, 0.3) is 10.9 Å². The van der Waals surface area contributed by atoms with Crippen molar-refractivity contribution in [3.63, 3.8) is 0 Å². The summed E-state index contributed by atoms with van der Waals surface area (Å²) in [7, 11) is 0. The second kappa shape index (κ2) is 4.05. The number of fused-ring (bicyclic) bond motifs is 1. The van der Waals surface area contributed by atoms with Crippen LogP contribution >= 0.6 is 0 Å². The van der Waals surface area contributed by atoms with Crippen LogP contribution in [-0.4, -0.2) is 21.4 Å². The Labute approximate surface area is 98.5 Å². The number of carboxylic acids is 1. The normalized spacial score (nSPS) is 12.6. The Morgan fingerprint density at radius 2 is 1.94 bits per heavy atom. The highest BCUT2D eigenvalue weighted by atomic mass is 16.4. The second-order valence-corrected chi connectivity index (χ2v) is 4.04. The highest BCUT2D eigenvalue weighted by Gasteiger charge is 2.18. The molecule has 0 fully saturated rings. The highest BCUT2D eigenvalue weighted by Crippen LogP contribution is 2.25. The average Bonchev–Trinajstić information content (AvgIpc) is 2.67. The predicted octanol–water partition coefficient (Wildman–Crippen LogP) is 2.49. The predicted molar refractivity (Wildman–Crippen MR) is 64.3 cm³/mol. The van der Waals surface area contributed by atoms with Crippen molar-refractivity contribution in [2.24, 2.45) is 0 Å². The number of nitrogens with zero attached hydrogens (tertiary/aromatic N) is 1. The Morgan fingerprint density at radius 3 is 2.53 bits per heavy atom. The maximum absolute atomic E-state index is 11.5. The van der Waals surface area contributed by atoms with Crippen molar-refractivity contribution in [3.8, 4) is 0 Å². The summed E-state index contributed by atoms with van der Waals surface area (Å²) in [6.45, 7) is 3.08. The molecular weight excluding hydrogens is 218 g/mol. The number of aromatic nitrogens is 1. The molecule has 0 bridgehead atoms. The lowest BCUT2D eigenvalue weighted by Gasteiger charge is -2.09. The summed E-state index contributed by atoms with van der Waals surface area (Å²) in [5, 5.41) is 9.84. The Kier molecular flexibility index (Phi) is 2.71. The number of carbonyl (C=O) groups is 2. The van der Waals surface area contributed by atoms with Crippen LogP contribution in [0.3, 0.4) is 0 Å². The maximum Gasteiger partial charge on any atom is 0.326 e. The number of hydrogen-bond acceptors (Lipinski definition) is 2. The smallest absolute Gasteiger partial charge is 0.326 e. The molecule has 1 heterocycles.